The SMILES string of the molecule is COc1ccc([C@@H]2NC(=O)NC(C)=C2C(=O)OCCc2ccccc2)c(OC)c1. The number of hydrogen-bond donors (Lipinski definition) is 2. The Kier molecular flexibility index (Phi) is 6.39. The minimum absolute atomic E-state index is 0.236. The summed E-state index contributed by atoms with van der Waals surface area (Å²) in [5.74, 6) is 0.617. The maximum atomic E-state index is 12.9. The number of amides is 2. The second-order valence-corrected chi connectivity index (χ2v) is 6.55. The molecule has 2 aromatic rings. The van der Waals surface area contributed by atoms with Gasteiger partial charge >= 0.3 is 12.0 Å². The summed E-state index contributed by atoms with van der Waals surface area (Å²) in [5.41, 5.74) is 2.49. The second kappa shape index (κ2) is 9.14. The monoisotopic (exact) mass is 396 g/mol. The van der Waals surface area contributed by atoms with Crippen molar-refractivity contribution in [2.24, 2.45) is 0 Å². The first-order valence-electron chi connectivity index (χ1n) is 9.24. The maximum absolute atomic E-state index is 12.9. The first kappa shape index (κ1) is 20.3. The molecule has 2 N–H and O–H groups in total. The van der Waals surface area contributed by atoms with Crippen LogP contribution in [0.15, 0.2) is 59.8 Å². The minimum atomic E-state index is -0.700. The predicted octanol–water partition coefficient (Wildman–Crippen LogP) is 3.12. The van der Waals surface area contributed by atoms with E-state index in [0.29, 0.717) is 34.8 Å². The number of hydrogen-bond acceptors (Lipinski definition) is 5. The maximum Gasteiger partial charge on any atom is 0.338 e. The highest BCUT2D eigenvalue weighted by Gasteiger charge is 2.34. The van der Waals surface area contributed by atoms with Gasteiger partial charge in [0.1, 0.15) is 11.5 Å². The molecule has 1 atom stereocenters. The van der Waals surface area contributed by atoms with Gasteiger partial charge in [-0.3, -0.25) is 0 Å². The molecule has 29 heavy (non-hydrogen) atoms. The van der Waals surface area contributed by atoms with Crippen molar-refractivity contribution in [3.63, 3.8) is 0 Å². The third-order valence-electron chi connectivity index (χ3n) is 4.71. The van der Waals surface area contributed by atoms with Crippen LogP contribution >= 0.6 is 0 Å². The van der Waals surface area contributed by atoms with E-state index in [4.69, 9.17) is 14.2 Å². The lowest BCUT2D eigenvalue weighted by atomic mass is 9.94. The van der Waals surface area contributed by atoms with Gasteiger partial charge in [0.2, 0.25) is 0 Å². The number of nitrogens with one attached hydrogen (secondary N) is 2. The first-order chi connectivity index (χ1) is 14.0. The standard InChI is InChI=1S/C22H24N2O5/c1-14-19(21(25)29-12-11-15-7-5-4-6-8-15)20(24-22(26)23-14)17-10-9-16(27-2)13-18(17)28-3/h4-10,13,20H,11-12H2,1-3H3,(H2,23,24,26)/t20-/m0/s1. The molecule has 152 valence electrons. The average Bonchev–Trinajstić information content (AvgIpc) is 2.73. The number of methoxy groups -OCH3 is 2. The molecule has 7 heteroatoms. The summed E-state index contributed by atoms with van der Waals surface area (Å²) < 4.78 is 16.2. The molecule has 1 aliphatic heterocycles. The van der Waals surface area contributed by atoms with Crippen molar-refractivity contribution < 1.29 is 23.8 Å². The molecule has 0 spiro atoms. The van der Waals surface area contributed by atoms with Crippen molar-refractivity contribution in [1.29, 1.82) is 0 Å². The van der Waals surface area contributed by atoms with E-state index in [1.54, 1.807) is 32.2 Å². The fourth-order valence-corrected chi connectivity index (χ4v) is 3.24. The molecule has 0 saturated heterocycles. The van der Waals surface area contributed by atoms with Gasteiger partial charge in [-0.15, -0.1) is 0 Å². The van der Waals surface area contributed by atoms with Gasteiger partial charge in [0.15, 0.2) is 0 Å². The zero-order chi connectivity index (χ0) is 20.8. The molecule has 0 bridgehead atoms. The van der Waals surface area contributed by atoms with E-state index in [1.807, 2.05) is 30.3 Å². The number of ether oxygens (including phenoxy) is 3. The van der Waals surface area contributed by atoms with Gasteiger partial charge in [0, 0.05) is 23.7 Å². The van der Waals surface area contributed by atoms with Crippen LogP contribution in [0.25, 0.3) is 0 Å². The molecule has 0 aliphatic carbocycles. The Labute approximate surface area is 169 Å². The third-order valence-corrected chi connectivity index (χ3v) is 4.71. The molecule has 0 fully saturated rings. The van der Waals surface area contributed by atoms with Crippen LogP contribution in [0.2, 0.25) is 0 Å². The summed E-state index contributed by atoms with van der Waals surface area (Å²) in [7, 11) is 3.08. The molecule has 2 aromatic carbocycles. The van der Waals surface area contributed by atoms with Gasteiger partial charge in [-0.1, -0.05) is 30.3 Å². The molecule has 7 nitrogen and oxygen atoms in total. The van der Waals surface area contributed by atoms with E-state index < -0.39 is 18.0 Å². The van der Waals surface area contributed by atoms with Crippen molar-refractivity contribution >= 4 is 12.0 Å². The van der Waals surface area contributed by atoms with Crippen molar-refractivity contribution in [3.05, 3.63) is 70.9 Å². The molecule has 0 unspecified atom stereocenters. The Bertz CT molecular complexity index is 924. The van der Waals surface area contributed by atoms with Crippen LogP contribution in [0.1, 0.15) is 24.1 Å². The molecule has 3 rings (SSSR count). The molecule has 0 saturated carbocycles. The van der Waals surface area contributed by atoms with E-state index in [2.05, 4.69) is 10.6 Å². The van der Waals surface area contributed by atoms with Crippen LogP contribution in [0, 0.1) is 0 Å². The third kappa shape index (κ3) is 4.68. The summed E-state index contributed by atoms with van der Waals surface area (Å²) in [6.07, 6.45) is 0.606. The second-order valence-electron chi connectivity index (χ2n) is 6.55. The number of carbonyl (C=O) groups excluding carboxylic acids is 2. The van der Waals surface area contributed by atoms with Crippen molar-refractivity contribution in [3.8, 4) is 11.5 Å². The normalized spacial score (nSPS) is 16.0. The van der Waals surface area contributed by atoms with Gasteiger partial charge in [-0.2, -0.15) is 0 Å². The summed E-state index contributed by atoms with van der Waals surface area (Å²) in [4.78, 5) is 24.9. The van der Waals surface area contributed by atoms with Crippen LogP contribution in [-0.2, 0) is 16.0 Å². The Morgan fingerprint density at radius 2 is 1.83 bits per heavy atom. The van der Waals surface area contributed by atoms with E-state index in [0.717, 1.165) is 5.56 Å². The quantitative estimate of drug-likeness (QED) is 0.703. The smallest absolute Gasteiger partial charge is 0.338 e. The van der Waals surface area contributed by atoms with Crippen molar-refractivity contribution in [2.75, 3.05) is 20.8 Å². The zero-order valence-electron chi connectivity index (χ0n) is 16.7. The number of benzene rings is 2. The van der Waals surface area contributed by atoms with Crippen molar-refractivity contribution in [1.82, 2.24) is 10.6 Å². The Balaban J connectivity index is 1.83. The fraction of sp³-hybridized carbons (Fsp3) is 0.273. The first-order valence-corrected chi connectivity index (χ1v) is 9.24. The van der Waals surface area contributed by atoms with Crippen LogP contribution < -0.4 is 20.1 Å². The fourth-order valence-electron chi connectivity index (χ4n) is 3.24. The number of esters is 1. The lowest BCUT2D eigenvalue weighted by Crippen LogP contribution is -2.45. The predicted molar refractivity (Wildman–Crippen MR) is 108 cm³/mol. The molecule has 1 heterocycles. The highest BCUT2D eigenvalue weighted by Crippen LogP contribution is 2.35. The molecule has 0 aromatic heterocycles. The van der Waals surface area contributed by atoms with E-state index in [-0.39, 0.29) is 6.61 Å². The number of carbonyl (C=O) groups is 2. The Morgan fingerprint density at radius 3 is 2.52 bits per heavy atom. The van der Waals surface area contributed by atoms with Gasteiger partial charge in [-0.25, -0.2) is 9.59 Å². The summed E-state index contributed by atoms with van der Waals surface area (Å²) in [6, 6.07) is 13.9. The summed E-state index contributed by atoms with van der Waals surface area (Å²) >= 11 is 0. The summed E-state index contributed by atoms with van der Waals surface area (Å²) in [5, 5.41) is 5.43. The molecule has 2 amide bonds. The lowest BCUT2D eigenvalue weighted by molar-refractivity contribution is -0.139. The largest absolute Gasteiger partial charge is 0.497 e. The molecule has 1 aliphatic rings. The summed E-state index contributed by atoms with van der Waals surface area (Å²) in [6.45, 7) is 1.91. The minimum Gasteiger partial charge on any atom is -0.497 e. The van der Waals surface area contributed by atoms with Crippen LogP contribution in [0.4, 0.5) is 4.79 Å². The van der Waals surface area contributed by atoms with E-state index >= 15 is 0 Å². The topological polar surface area (TPSA) is 85.9 Å². The van der Waals surface area contributed by atoms with Crippen LogP contribution in [-0.4, -0.2) is 32.8 Å². The number of urea groups is 1. The Morgan fingerprint density at radius 1 is 1.07 bits per heavy atom. The van der Waals surface area contributed by atoms with E-state index in [1.165, 1.54) is 7.11 Å². The Hall–Kier alpha value is -3.48. The molecule has 0 radical (unpaired) electrons. The van der Waals surface area contributed by atoms with Crippen LogP contribution in [0.3, 0.4) is 0 Å². The number of rotatable bonds is 7. The number of allylic oxidation sites excluding steroid dienone is 1. The highest BCUT2D eigenvalue weighted by molar-refractivity contribution is 5.95. The average molecular weight is 396 g/mol. The lowest BCUT2D eigenvalue weighted by Gasteiger charge is -2.29. The highest BCUT2D eigenvalue weighted by atomic mass is 16.5. The van der Waals surface area contributed by atoms with Crippen LogP contribution in [0.5, 0.6) is 11.5 Å². The molecular weight excluding hydrogens is 372 g/mol. The zero-order valence-corrected chi connectivity index (χ0v) is 16.7. The van der Waals surface area contributed by atoms with E-state index in [9.17, 15) is 9.59 Å². The van der Waals surface area contributed by atoms with Gasteiger partial charge in [0.25, 0.3) is 0 Å². The molecular formula is C22H24N2O5. The van der Waals surface area contributed by atoms with Gasteiger partial charge < -0.3 is 24.8 Å². The van der Waals surface area contributed by atoms with Gasteiger partial charge in [0.05, 0.1) is 32.4 Å². The van der Waals surface area contributed by atoms with Gasteiger partial charge in [-0.05, 0) is 24.6 Å². The van der Waals surface area contributed by atoms with Crippen molar-refractivity contribution in [2.45, 2.75) is 19.4 Å².